The second-order valence-corrected chi connectivity index (χ2v) is 9.61. The third-order valence-corrected chi connectivity index (χ3v) is 7.44. The maximum Gasteiger partial charge on any atom is 0.238 e. The van der Waals surface area contributed by atoms with E-state index in [9.17, 15) is 4.79 Å². The fourth-order valence-corrected chi connectivity index (χ4v) is 5.65. The summed E-state index contributed by atoms with van der Waals surface area (Å²) in [4.78, 5) is 15.4. The molecule has 0 bridgehead atoms. The molecule has 0 N–H and O–H groups in total. The molecule has 1 aliphatic heterocycles. The van der Waals surface area contributed by atoms with Crippen molar-refractivity contribution in [2.75, 3.05) is 6.54 Å². The molecule has 1 atom stereocenters. The average molecular weight is 402 g/mol. The highest BCUT2D eigenvalue weighted by molar-refractivity contribution is 5.79. The Labute approximate surface area is 176 Å². The summed E-state index contributed by atoms with van der Waals surface area (Å²) in [5.41, 5.74) is 0. The van der Waals surface area contributed by atoms with E-state index in [0.717, 1.165) is 51.0 Å². The largest absolute Gasteiger partial charge is 0.423 e. The molecule has 3 aliphatic rings. The van der Waals surface area contributed by atoms with Crippen LogP contribution in [0.4, 0.5) is 0 Å². The first-order valence-electron chi connectivity index (χ1n) is 12.5. The van der Waals surface area contributed by atoms with Crippen LogP contribution in [-0.4, -0.2) is 27.5 Å². The van der Waals surface area contributed by atoms with Crippen molar-refractivity contribution in [2.24, 2.45) is 5.92 Å². The van der Waals surface area contributed by atoms with Gasteiger partial charge in [-0.05, 0) is 38.5 Å². The van der Waals surface area contributed by atoms with Crippen LogP contribution in [0.1, 0.15) is 133 Å². The molecule has 5 heteroatoms. The highest BCUT2D eigenvalue weighted by atomic mass is 16.4. The van der Waals surface area contributed by atoms with Crippen LogP contribution < -0.4 is 0 Å². The first kappa shape index (κ1) is 20.9. The molecule has 4 rings (SSSR count). The van der Waals surface area contributed by atoms with E-state index in [0.29, 0.717) is 17.7 Å². The Morgan fingerprint density at radius 2 is 1.24 bits per heavy atom. The van der Waals surface area contributed by atoms with Crippen molar-refractivity contribution in [3.05, 3.63) is 11.8 Å². The second-order valence-electron chi connectivity index (χ2n) is 9.61. The molecule has 162 valence electrons. The number of hydrogen-bond acceptors (Lipinski definition) is 4. The third kappa shape index (κ3) is 5.40. The van der Waals surface area contributed by atoms with Gasteiger partial charge in [-0.1, -0.05) is 70.6 Å². The molecule has 2 heterocycles. The summed E-state index contributed by atoms with van der Waals surface area (Å²) in [6.07, 6.45) is 20.6. The van der Waals surface area contributed by atoms with Gasteiger partial charge in [0.1, 0.15) is 6.04 Å². The zero-order chi connectivity index (χ0) is 19.9. The molecule has 0 aromatic carbocycles. The normalized spacial score (nSPS) is 26.3. The van der Waals surface area contributed by atoms with Gasteiger partial charge in [0.15, 0.2) is 0 Å². The van der Waals surface area contributed by atoms with Crippen molar-refractivity contribution in [2.45, 2.75) is 121 Å². The molecule has 0 spiro atoms. The molecule has 1 aromatic rings. The molecule has 3 fully saturated rings. The summed E-state index contributed by atoms with van der Waals surface area (Å²) in [5.74, 6) is 2.47. The van der Waals surface area contributed by atoms with Gasteiger partial charge < -0.3 is 9.32 Å². The SMILES string of the molecule is O=C(C1CCCCCCC1)N1CCCC1c1nnc(C2CCCCCCCC2)o1. The van der Waals surface area contributed by atoms with E-state index in [1.54, 1.807) is 0 Å². The summed E-state index contributed by atoms with van der Waals surface area (Å²) >= 11 is 0. The minimum atomic E-state index is 0.00511. The summed E-state index contributed by atoms with van der Waals surface area (Å²) in [5, 5.41) is 8.92. The predicted molar refractivity (Wildman–Crippen MR) is 113 cm³/mol. The number of carbonyl (C=O) groups excluding carboxylic acids is 1. The molecular weight excluding hydrogens is 362 g/mol. The average Bonchev–Trinajstić information content (AvgIpc) is 3.38. The van der Waals surface area contributed by atoms with Crippen LogP contribution in [0.25, 0.3) is 0 Å². The van der Waals surface area contributed by atoms with Gasteiger partial charge in [0.2, 0.25) is 17.7 Å². The lowest BCUT2D eigenvalue weighted by molar-refractivity contribution is -0.137. The van der Waals surface area contributed by atoms with E-state index in [1.807, 2.05) is 0 Å². The van der Waals surface area contributed by atoms with Crippen molar-refractivity contribution in [1.29, 1.82) is 0 Å². The van der Waals surface area contributed by atoms with Gasteiger partial charge >= 0.3 is 0 Å². The lowest BCUT2D eigenvalue weighted by Gasteiger charge is -2.28. The monoisotopic (exact) mass is 401 g/mol. The summed E-state index contributed by atoms with van der Waals surface area (Å²) < 4.78 is 6.24. The number of rotatable bonds is 3. The molecule has 1 saturated heterocycles. The molecule has 2 aliphatic carbocycles. The quantitative estimate of drug-likeness (QED) is 0.595. The van der Waals surface area contributed by atoms with Gasteiger partial charge in [0, 0.05) is 18.4 Å². The van der Waals surface area contributed by atoms with Crippen LogP contribution in [0, 0.1) is 5.92 Å². The molecule has 1 aromatic heterocycles. The smallest absolute Gasteiger partial charge is 0.238 e. The van der Waals surface area contributed by atoms with Gasteiger partial charge in [-0.25, -0.2) is 0 Å². The molecule has 5 nitrogen and oxygen atoms in total. The first-order valence-corrected chi connectivity index (χ1v) is 12.5. The predicted octanol–water partition coefficient (Wildman–Crippen LogP) is 6.31. The van der Waals surface area contributed by atoms with Crippen LogP contribution >= 0.6 is 0 Å². The zero-order valence-electron chi connectivity index (χ0n) is 18.1. The molecule has 1 amide bonds. The maximum atomic E-state index is 13.3. The van der Waals surface area contributed by atoms with Gasteiger partial charge in [-0.3, -0.25) is 4.79 Å². The number of nitrogens with zero attached hydrogens (tertiary/aromatic N) is 3. The van der Waals surface area contributed by atoms with Gasteiger partial charge in [0.25, 0.3) is 0 Å². The van der Waals surface area contributed by atoms with Crippen molar-refractivity contribution in [3.8, 4) is 0 Å². The third-order valence-electron chi connectivity index (χ3n) is 7.44. The molecule has 29 heavy (non-hydrogen) atoms. The van der Waals surface area contributed by atoms with Crippen molar-refractivity contribution >= 4 is 5.91 Å². The van der Waals surface area contributed by atoms with Crippen LogP contribution in [-0.2, 0) is 4.79 Å². The van der Waals surface area contributed by atoms with Crippen LogP contribution in [0.15, 0.2) is 4.42 Å². The summed E-state index contributed by atoms with van der Waals surface area (Å²) in [6.45, 7) is 0.848. The number of hydrogen-bond donors (Lipinski definition) is 0. The van der Waals surface area contributed by atoms with Crippen LogP contribution in [0.2, 0.25) is 0 Å². The minimum Gasteiger partial charge on any atom is -0.423 e. The van der Waals surface area contributed by atoms with E-state index < -0.39 is 0 Å². The molecular formula is C24H39N3O2. The summed E-state index contributed by atoms with van der Waals surface area (Å²) in [7, 11) is 0. The Morgan fingerprint density at radius 3 is 1.90 bits per heavy atom. The number of likely N-dealkylation sites (tertiary alicyclic amines) is 1. The second kappa shape index (κ2) is 10.6. The van der Waals surface area contributed by atoms with Crippen molar-refractivity contribution in [1.82, 2.24) is 15.1 Å². The number of amides is 1. The van der Waals surface area contributed by atoms with Crippen LogP contribution in [0.3, 0.4) is 0 Å². The Kier molecular flexibility index (Phi) is 7.61. The number of carbonyl (C=O) groups is 1. The first-order chi connectivity index (χ1) is 14.3. The van der Waals surface area contributed by atoms with E-state index >= 15 is 0 Å². The maximum absolute atomic E-state index is 13.3. The Balaban J connectivity index is 1.42. The van der Waals surface area contributed by atoms with Crippen molar-refractivity contribution < 1.29 is 9.21 Å². The van der Waals surface area contributed by atoms with Crippen LogP contribution in [0.5, 0.6) is 0 Å². The van der Waals surface area contributed by atoms with Crippen molar-refractivity contribution in [3.63, 3.8) is 0 Å². The number of aromatic nitrogens is 2. The van der Waals surface area contributed by atoms with Gasteiger partial charge in [0.05, 0.1) is 0 Å². The van der Waals surface area contributed by atoms with Gasteiger partial charge in [-0.15, -0.1) is 10.2 Å². The highest BCUT2D eigenvalue weighted by Crippen LogP contribution is 2.36. The minimum absolute atomic E-state index is 0.00511. The molecule has 2 saturated carbocycles. The lowest BCUT2D eigenvalue weighted by Crippen LogP contribution is -2.36. The summed E-state index contributed by atoms with van der Waals surface area (Å²) in [6, 6.07) is 0.00511. The molecule has 0 radical (unpaired) electrons. The lowest BCUT2D eigenvalue weighted by atomic mass is 9.90. The Bertz CT molecular complexity index is 626. The van der Waals surface area contributed by atoms with E-state index in [1.165, 1.54) is 70.6 Å². The fraction of sp³-hybridized carbons (Fsp3) is 0.875. The van der Waals surface area contributed by atoms with E-state index in [2.05, 4.69) is 15.1 Å². The van der Waals surface area contributed by atoms with Gasteiger partial charge in [-0.2, -0.15) is 0 Å². The fourth-order valence-electron chi connectivity index (χ4n) is 5.65. The highest BCUT2D eigenvalue weighted by Gasteiger charge is 2.37. The van der Waals surface area contributed by atoms with E-state index in [-0.39, 0.29) is 12.0 Å². The Morgan fingerprint density at radius 1 is 0.690 bits per heavy atom. The standard InChI is InChI=1S/C24H39N3O2/c28-24(20-15-10-6-3-7-11-16-20)27-18-12-17-21(27)23-26-25-22(29-23)19-13-8-4-1-2-5-9-14-19/h19-21H,1-18H2. The molecule has 1 unspecified atom stereocenters. The van der Waals surface area contributed by atoms with E-state index in [4.69, 9.17) is 4.42 Å². The Hall–Kier alpha value is -1.39. The zero-order valence-corrected chi connectivity index (χ0v) is 18.1. The topological polar surface area (TPSA) is 59.2 Å².